The summed E-state index contributed by atoms with van der Waals surface area (Å²) in [5, 5.41) is 3.29. The summed E-state index contributed by atoms with van der Waals surface area (Å²) in [6, 6.07) is 10.7. The van der Waals surface area contributed by atoms with Crippen LogP contribution in [-0.2, 0) is 0 Å². The third-order valence-electron chi connectivity index (χ3n) is 3.09. The number of likely N-dealkylation sites (N-methyl/N-ethyl adjacent to an activating group) is 1. The Labute approximate surface area is 112 Å². The van der Waals surface area contributed by atoms with Gasteiger partial charge >= 0.3 is 0 Å². The Hall–Kier alpha value is -0.860. The molecule has 0 aromatic heterocycles. The van der Waals surface area contributed by atoms with E-state index in [1.54, 1.807) is 0 Å². The molecule has 0 spiro atoms. The van der Waals surface area contributed by atoms with Crippen molar-refractivity contribution in [3.05, 3.63) is 59.7 Å². The summed E-state index contributed by atoms with van der Waals surface area (Å²) in [5.41, 5.74) is 2.80. The zero-order chi connectivity index (χ0) is 12.1. The quantitative estimate of drug-likeness (QED) is 0.835. The van der Waals surface area contributed by atoms with E-state index in [1.807, 2.05) is 7.05 Å². The highest BCUT2D eigenvalue weighted by molar-refractivity contribution is 9.09. The minimum absolute atomic E-state index is 0.456. The Morgan fingerprint density at radius 3 is 2.71 bits per heavy atom. The zero-order valence-corrected chi connectivity index (χ0v) is 11.7. The molecule has 0 amide bonds. The summed E-state index contributed by atoms with van der Waals surface area (Å²) in [4.78, 5) is 0.497. The van der Waals surface area contributed by atoms with Crippen molar-refractivity contribution in [3.8, 4) is 0 Å². The van der Waals surface area contributed by atoms with Crippen molar-refractivity contribution in [1.82, 2.24) is 5.32 Å². The summed E-state index contributed by atoms with van der Waals surface area (Å²) < 4.78 is 0. The Kier molecular flexibility index (Phi) is 4.57. The highest BCUT2D eigenvalue weighted by atomic mass is 79.9. The van der Waals surface area contributed by atoms with Crippen LogP contribution in [0.15, 0.2) is 54.1 Å². The van der Waals surface area contributed by atoms with Crippen LogP contribution in [0.25, 0.3) is 0 Å². The lowest BCUT2D eigenvalue weighted by Gasteiger charge is -2.21. The number of alkyl halides is 1. The van der Waals surface area contributed by atoms with Gasteiger partial charge in [-0.05, 0) is 24.6 Å². The average Bonchev–Trinajstić information content (AvgIpc) is 2.38. The zero-order valence-electron chi connectivity index (χ0n) is 10.1. The lowest BCUT2D eigenvalue weighted by Crippen LogP contribution is -2.19. The van der Waals surface area contributed by atoms with Gasteiger partial charge < -0.3 is 5.32 Å². The largest absolute Gasteiger partial charge is 0.319 e. The van der Waals surface area contributed by atoms with Gasteiger partial charge in [0.15, 0.2) is 0 Å². The Morgan fingerprint density at radius 1 is 1.35 bits per heavy atom. The molecule has 2 unspecified atom stereocenters. The van der Waals surface area contributed by atoms with Gasteiger partial charge in [-0.1, -0.05) is 64.5 Å². The second-order valence-electron chi connectivity index (χ2n) is 4.34. The summed E-state index contributed by atoms with van der Waals surface area (Å²) in [5.74, 6) is 0.456. The van der Waals surface area contributed by atoms with Gasteiger partial charge in [0.25, 0.3) is 0 Å². The Balaban J connectivity index is 2.21. The fourth-order valence-electron chi connectivity index (χ4n) is 2.19. The Morgan fingerprint density at radius 2 is 2.12 bits per heavy atom. The van der Waals surface area contributed by atoms with Crippen molar-refractivity contribution in [3.63, 3.8) is 0 Å². The summed E-state index contributed by atoms with van der Waals surface area (Å²) in [6.07, 6.45) is 7.91. The fourth-order valence-corrected chi connectivity index (χ4v) is 2.53. The maximum Gasteiger partial charge on any atom is 0.0363 e. The van der Waals surface area contributed by atoms with Crippen molar-refractivity contribution in [2.24, 2.45) is 0 Å². The molecule has 0 fully saturated rings. The molecule has 1 aliphatic rings. The van der Waals surface area contributed by atoms with E-state index in [2.05, 4.69) is 69.8 Å². The molecule has 0 saturated heterocycles. The second-order valence-corrected chi connectivity index (χ2v) is 5.51. The number of rotatable bonds is 4. The van der Waals surface area contributed by atoms with E-state index in [0.717, 1.165) is 13.0 Å². The van der Waals surface area contributed by atoms with Crippen LogP contribution in [0.5, 0.6) is 0 Å². The van der Waals surface area contributed by atoms with Crippen LogP contribution in [0, 0.1) is 0 Å². The van der Waals surface area contributed by atoms with Crippen LogP contribution in [0.4, 0.5) is 0 Å². The lowest BCUT2D eigenvalue weighted by molar-refractivity contribution is 0.702. The van der Waals surface area contributed by atoms with Gasteiger partial charge in [-0.25, -0.2) is 0 Å². The summed E-state index contributed by atoms with van der Waals surface area (Å²) in [7, 11) is 2.01. The number of nitrogens with one attached hydrogen (secondary N) is 1. The first-order valence-corrected chi connectivity index (χ1v) is 6.94. The predicted molar refractivity (Wildman–Crippen MR) is 77.7 cm³/mol. The molecule has 2 atom stereocenters. The summed E-state index contributed by atoms with van der Waals surface area (Å²) in [6.45, 7) is 0.979. The van der Waals surface area contributed by atoms with Crippen molar-refractivity contribution in [2.75, 3.05) is 13.6 Å². The van der Waals surface area contributed by atoms with Crippen molar-refractivity contribution >= 4 is 15.9 Å². The van der Waals surface area contributed by atoms with E-state index >= 15 is 0 Å². The monoisotopic (exact) mass is 291 g/mol. The molecule has 1 aromatic rings. The standard InChI is InChI=1S/C15H18BrN/c1-17-11-15(12-5-3-2-4-6-12)13-7-9-14(16)10-8-13/h2-9,14-15,17H,10-11H2,1H3. The van der Waals surface area contributed by atoms with E-state index < -0.39 is 0 Å². The minimum atomic E-state index is 0.456. The molecule has 0 bridgehead atoms. The van der Waals surface area contributed by atoms with Gasteiger partial charge in [0.05, 0.1) is 0 Å². The molecule has 0 radical (unpaired) electrons. The maximum atomic E-state index is 3.61. The highest BCUT2D eigenvalue weighted by Crippen LogP contribution is 2.29. The molecular formula is C15H18BrN. The smallest absolute Gasteiger partial charge is 0.0363 e. The van der Waals surface area contributed by atoms with Gasteiger partial charge in [0, 0.05) is 17.3 Å². The predicted octanol–water partition coefficient (Wildman–Crippen LogP) is 3.64. The summed E-state index contributed by atoms with van der Waals surface area (Å²) >= 11 is 3.61. The van der Waals surface area contributed by atoms with Crippen molar-refractivity contribution in [2.45, 2.75) is 17.2 Å². The minimum Gasteiger partial charge on any atom is -0.319 e. The first kappa shape index (κ1) is 12.6. The maximum absolute atomic E-state index is 3.61. The molecule has 0 saturated carbocycles. The van der Waals surface area contributed by atoms with Crippen LogP contribution in [0.1, 0.15) is 17.9 Å². The number of hydrogen-bond acceptors (Lipinski definition) is 1. The van der Waals surface area contributed by atoms with Crippen molar-refractivity contribution < 1.29 is 0 Å². The van der Waals surface area contributed by atoms with E-state index in [0.29, 0.717) is 10.7 Å². The first-order valence-electron chi connectivity index (χ1n) is 6.03. The third kappa shape index (κ3) is 3.30. The van der Waals surface area contributed by atoms with Gasteiger partial charge in [0.2, 0.25) is 0 Å². The molecule has 0 aliphatic heterocycles. The lowest BCUT2D eigenvalue weighted by atomic mass is 9.88. The Bertz CT molecular complexity index is 408. The molecule has 2 heteroatoms. The third-order valence-corrected chi connectivity index (χ3v) is 3.77. The molecule has 1 aliphatic carbocycles. The number of benzene rings is 1. The SMILES string of the molecule is CNCC(C1=CCC(Br)C=C1)c1ccccc1. The number of halogens is 1. The van der Waals surface area contributed by atoms with E-state index in [-0.39, 0.29) is 0 Å². The fraction of sp³-hybridized carbons (Fsp3) is 0.333. The van der Waals surface area contributed by atoms with E-state index in [1.165, 1.54) is 11.1 Å². The second kappa shape index (κ2) is 6.18. The highest BCUT2D eigenvalue weighted by Gasteiger charge is 2.16. The number of hydrogen-bond donors (Lipinski definition) is 1. The van der Waals surface area contributed by atoms with Crippen LogP contribution in [0.2, 0.25) is 0 Å². The first-order chi connectivity index (χ1) is 8.31. The van der Waals surface area contributed by atoms with Crippen LogP contribution in [-0.4, -0.2) is 18.4 Å². The van der Waals surface area contributed by atoms with Gasteiger partial charge in [-0.3, -0.25) is 0 Å². The topological polar surface area (TPSA) is 12.0 Å². The molecule has 17 heavy (non-hydrogen) atoms. The van der Waals surface area contributed by atoms with Gasteiger partial charge in [-0.15, -0.1) is 0 Å². The van der Waals surface area contributed by atoms with Crippen molar-refractivity contribution in [1.29, 1.82) is 0 Å². The molecule has 90 valence electrons. The average molecular weight is 292 g/mol. The van der Waals surface area contributed by atoms with Crippen LogP contribution in [0.3, 0.4) is 0 Å². The van der Waals surface area contributed by atoms with Gasteiger partial charge in [0.1, 0.15) is 0 Å². The van der Waals surface area contributed by atoms with E-state index in [9.17, 15) is 0 Å². The molecule has 1 aromatic carbocycles. The molecule has 2 rings (SSSR count). The van der Waals surface area contributed by atoms with Gasteiger partial charge in [-0.2, -0.15) is 0 Å². The van der Waals surface area contributed by atoms with E-state index in [4.69, 9.17) is 0 Å². The molecular weight excluding hydrogens is 274 g/mol. The molecule has 1 N–H and O–H groups in total. The van der Waals surface area contributed by atoms with Crippen LogP contribution < -0.4 is 5.32 Å². The molecule has 0 heterocycles. The normalized spacial score (nSPS) is 21.1. The molecule has 1 nitrogen and oxygen atoms in total. The number of allylic oxidation sites excluding steroid dienone is 3. The van der Waals surface area contributed by atoms with Crippen LogP contribution >= 0.6 is 15.9 Å².